The van der Waals surface area contributed by atoms with E-state index >= 15 is 0 Å². The van der Waals surface area contributed by atoms with Crippen molar-refractivity contribution in [2.75, 3.05) is 5.32 Å². The summed E-state index contributed by atoms with van der Waals surface area (Å²) in [6.45, 7) is 1.86. The average molecular weight is 397 g/mol. The van der Waals surface area contributed by atoms with Crippen LogP contribution >= 0.6 is 35.0 Å². The lowest BCUT2D eigenvalue weighted by Gasteiger charge is -2.14. The molecule has 2 fully saturated rings. The van der Waals surface area contributed by atoms with Crippen LogP contribution in [0.15, 0.2) is 23.4 Å². The number of benzene rings is 1. The number of carbonyl (C=O) groups excluding carboxylic acids is 1. The van der Waals surface area contributed by atoms with Gasteiger partial charge in [-0.3, -0.25) is 4.79 Å². The first-order chi connectivity index (χ1) is 12.0. The quantitative estimate of drug-likeness (QED) is 0.704. The molecule has 1 aromatic carbocycles. The zero-order valence-corrected chi connectivity index (χ0v) is 16.0. The number of halogens is 2. The molecule has 1 heterocycles. The number of anilines is 1. The van der Waals surface area contributed by atoms with Crippen molar-refractivity contribution in [3.63, 3.8) is 0 Å². The van der Waals surface area contributed by atoms with E-state index in [2.05, 4.69) is 20.1 Å². The van der Waals surface area contributed by atoms with Crippen molar-refractivity contribution < 1.29 is 4.79 Å². The van der Waals surface area contributed by atoms with E-state index in [1.807, 2.05) is 6.92 Å². The SMILES string of the molecule is CC(Sc1nnc(C2CC2)n1C1CC1)C(=O)Nc1cc(Cl)ccc1Cl. The molecule has 5 nitrogen and oxygen atoms in total. The summed E-state index contributed by atoms with van der Waals surface area (Å²) in [6.07, 6.45) is 4.73. The predicted octanol–water partition coefficient (Wildman–Crippen LogP) is 4.92. The van der Waals surface area contributed by atoms with Gasteiger partial charge in [0.15, 0.2) is 5.16 Å². The molecule has 25 heavy (non-hydrogen) atoms. The van der Waals surface area contributed by atoms with Crippen LogP contribution in [0.2, 0.25) is 10.0 Å². The first-order valence-corrected chi connectivity index (χ1v) is 10.0. The second kappa shape index (κ2) is 6.82. The molecule has 132 valence electrons. The van der Waals surface area contributed by atoms with Crippen molar-refractivity contribution in [2.45, 2.75) is 55.0 Å². The van der Waals surface area contributed by atoms with Crippen molar-refractivity contribution in [3.05, 3.63) is 34.1 Å². The molecule has 0 radical (unpaired) electrons. The predicted molar refractivity (Wildman–Crippen MR) is 101 cm³/mol. The molecule has 0 aliphatic heterocycles. The Bertz CT molecular complexity index is 817. The molecule has 8 heteroatoms. The molecule has 1 amide bonds. The Morgan fingerprint density at radius 3 is 2.72 bits per heavy atom. The average Bonchev–Trinajstić information content (AvgIpc) is 3.50. The third-order valence-corrected chi connectivity index (χ3v) is 6.00. The monoisotopic (exact) mass is 396 g/mol. The maximum atomic E-state index is 12.5. The number of thioether (sulfide) groups is 1. The summed E-state index contributed by atoms with van der Waals surface area (Å²) < 4.78 is 2.25. The highest BCUT2D eigenvalue weighted by atomic mass is 35.5. The molecule has 1 unspecified atom stereocenters. The summed E-state index contributed by atoms with van der Waals surface area (Å²) in [5.74, 6) is 1.51. The molecule has 1 aromatic heterocycles. The van der Waals surface area contributed by atoms with Gasteiger partial charge < -0.3 is 9.88 Å². The highest BCUT2D eigenvalue weighted by Crippen LogP contribution is 2.46. The first-order valence-electron chi connectivity index (χ1n) is 8.40. The van der Waals surface area contributed by atoms with Gasteiger partial charge in [0.25, 0.3) is 0 Å². The first kappa shape index (κ1) is 17.2. The normalized spacial score (nSPS) is 18.2. The Kier molecular flexibility index (Phi) is 4.69. The zero-order valence-electron chi connectivity index (χ0n) is 13.7. The van der Waals surface area contributed by atoms with Gasteiger partial charge in [0.1, 0.15) is 5.82 Å². The van der Waals surface area contributed by atoms with Gasteiger partial charge in [0.05, 0.1) is 16.0 Å². The smallest absolute Gasteiger partial charge is 0.237 e. The van der Waals surface area contributed by atoms with Crippen LogP contribution in [-0.4, -0.2) is 25.9 Å². The maximum absolute atomic E-state index is 12.5. The van der Waals surface area contributed by atoms with E-state index in [1.54, 1.807) is 18.2 Å². The molecule has 0 bridgehead atoms. The lowest BCUT2D eigenvalue weighted by molar-refractivity contribution is -0.115. The molecule has 4 rings (SSSR count). The van der Waals surface area contributed by atoms with Crippen LogP contribution in [0.25, 0.3) is 0 Å². The van der Waals surface area contributed by atoms with Gasteiger partial charge >= 0.3 is 0 Å². The molecule has 1 N–H and O–H groups in total. The Morgan fingerprint density at radius 1 is 1.28 bits per heavy atom. The molecule has 1 atom stereocenters. The van der Waals surface area contributed by atoms with Crippen molar-refractivity contribution in [1.82, 2.24) is 14.8 Å². The highest BCUT2D eigenvalue weighted by molar-refractivity contribution is 8.00. The Morgan fingerprint density at radius 2 is 2.04 bits per heavy atom. The number of rotatable bonds is 6. The van der Waals surface area contributed by atoms with Crippen LogP contribution in [0.3, 0.4) is 0 Å². The van der Waals surface area contributed by atoms with Crippen LogP contribution in [0.5, 0.6) is 0 Å². The van der Waals surface area contributed by atoms with Crippen molar-refractivity contribution in [3.8, 4) is 0 Å². The van der Waals surface area contributed by atoms with Crippen LogP contribution in [0.4, 0.5) is 5.69 Å². The second-order valence-electron chi connectivity index (χ2n) is 6.59. The number of hydrogen-bond donors (Lipinski definition) is 1. The van der Waals surface area contributed by atoms with E-state index in [0.29, 0.717) is 27.7 Å². The summed E-state index contributed by atoms with van der Waals surface area (Å²) in [4.78, 5) is 12.5. The van der Waals surface area contributed by atoms with Crippen molar-refractivity contribution in [1.29, 1.82) is 0 Å². The summed E-state index contributed by atoms with van der Waals surface area (Å²) in [7, 11) is 0. The van der Waals surface area contributed by atoms with Gasteiger partial charge in [-0.1, -0.05) is 35.0 Å². The van der Waals surface area contributed by atoms with Crippen LogP contribution in [0.1, 0.15) is 50.4 Å². The molecule has 2 aromatic rings. The van der Waals surface area contributed by atoms with Gasteiger partial charge in [-0.05, 0) is 50.8 Å². The molecule has 2 aliphatic rings. The summed E-state index contributed by atoms with van der Waals surface area (Å²) in [5.41, 5.74) is 0.522. The second-order valence-corrected chi connectivity index (χ2v) is 8.74. The summed E-state index contributed by atoms with van der Waals surface area (Å²) in [5, 5.41) is 13.1. The minimum absolute atomic E-state index is 0.132. The van der Waals surface area contributed by atoms with Crippen LogP contribution in [0, 0.1) is 0 Å². The van der Waals surface area contributed by atoms with E-state index in [-0.39, 0.29) is 11.2 Å². The van der Waals surface area contributed by atoms with E-state index in [9.17, 15) is 4.79 Å². The highest BCUT2D eigenvalue weighted by Gasteiger charge is 2.37. The third-order valence-electron chi connectivity index (χ3n) is 4.38. The van der Waals surface area contributed by atoms with Crippen LogP contribution in [-0.2, 0) is 4.79 Å². The van der Waals surface area contributed by atoms with E-state index in [4.69, 9.17) is 23.2 Å². The number of carbonyl (C=O) groups is 1. The topological polar surface area (TPSA) is 59.8 Å². The molecule has 2 aliphatic carbocycles. The fourth-order valence-corrected chi connectivity index (χ4v) is 3.97. The van der Waals surface area contributed by atoms with Gasteiger partial charge in [-0.25, -0.2) is 0 Å². The third kappa shape index (κ3) is 3.81. The number of nitrogens with zero attached hydrogens (tertiary/aromatic N) is 3. The molecule has 2 saturated carbocycles. The minimum atomic E-state index is -0.316. The van der Waals surface area contributed by atoms with E-state index in [0.717, 1.165) is 11.0 Å². The summed E-state index contributed by atoms with van der Waals surface area (Å²) in [6, 6.07) is 5.51. The molecule has 0 spiro atoms. The molecule has 0 saturated heterocycles. The van der Waals surface area contributed by atoms with Crippen molar-refractivity contribution in [2.24, 2.45) is 0 Å². The van der Waals surface area contributed by atoms with E-state index < -0.39 is 0 Å². The molecular weight excluding hydrogens is 379 g/mol. The lowest BCUT2D eigenvalue weighted by atomic mass is 10.3. The largest absolute Gasteiger partial charge is 0.324 e. The fourth-order valence-electron chi connectivity index (χ4n) is 2.70. The maximum Gasteiger partial charge on any atom is 0.237 e. The minimum Gasteiger partial charge on any atom is -0.324 e. The number of aromatic nitrogens is 3. The Hall–Kier alpha value is -1.24. The van der Waals surface area contributed by atoms with Gasteiger partial charge in [-0.15, -0.1) is 10.2 Å². The van der Waals surface area contributed by atoms with Gasteiger partial charge in [-0.2, -0.15) is 0 Å². The Labute approximate surface area is 160 Å². The number of nitrogens with one attached hydrogen (secondary N) is 1. The Balaban J connectivity index is 1.47. The fraction of sp³-hybridized carbons (Fsp3) is 0.471. The standard InChI is InChI=1S/C17H18Cl2N4OS/c1-9(16(24)20-14-8-11(18)4-7-13(14)19)25-17-22-21-15(10-2-3-10)23(17)12-5-6-12/h4,7-10,12H,2-3,5-6H2,1H3,(H,20,24). The zero-order chi connectivity index (χ0) is 17.6. The van der Waals surface area contributed by atoms with Crippen LogP contribution < -0.4 is 5.32 Å². The van der Waals surface area contributed by atoms with Gasteiger partial charge in [0, 0.05) is 17.0 Å². The molecular formula is C17H18Cl2N4OS. The lowest BCUT2D eigenvalue weighted by Crippen LogP contribution is -2.23. The van der Waals surface area contributed by atoms with E-state index in [1.165, 1.54) is 37.4 Å². The van der Waals surface area contributed by atoms with Gasteiger partial charge in [0.2, 0.25) is 5.91 Å². The number of amides is 1. The van der Waals surface area contributed by atoms with Crippen molar-refractivity contribution >= 4 is 46.6 Å². The number of hydrogen-bond acceptors (Lipinski definition) is 4. The summed E-state index contributed by atoms with van der Waals surface area (Å²) >= 11 is 13.5.